The maximum atomic E-state index is 10.8. The molecule has 0 aliphatic heterocycles. The molecule has 0 aliphatic rings. The van der Waals surface area contributed by atoms with E-state index < -0.39 is 12.1 Å². The van der Waals surface area contributed by atoms with Crippen LogP contribution in [0.4, 0.5) is 0 Å². The van der Waals surface area contributed by atoms with E-state index in [9.17, 15) is 4.79 Å². The molecule has 1 aromatic carbocycles. The van der Waals surface area contributed by atoms with Gasteiger partial charge in [-0.1, -0.05) is 16.1 Å². The second kappa shape index (κ2) is 5.32. The molecular weight excluding hydrogens is 276 g/mol. The Morgan fingerprint density at radius 3 is 2.94 bits per heavy atom. The van der Waals surface area contributed by atoms with Crippen LogP contribution in [0.2, 0.25) is 5.02 Å². The van der Waals surface area contributed by atoms with E-state index in [-0.39, 0.29) is 0 Å². The molecule has 94 valence electrons. The summed E-state index contributed by atoms with van der Waals surface area (Å²) in [4.78, 5) is 10.8. The zero-order valence-corrected chi connectivity index (χ0v) is 10.9. The van der Waals surface area contributed by atoms with Crippen LogP contribution in [0.1, 0.15) is 6.92 Å². The summed E-state index contributed by atoms with van der Waals surface area (Å²) < 4.78 is 9.12. The summed E-state index contributed by atoms with van der Waals surface area (Å²) in [5.41, 5.74) is 1.24. The number of rotatable bonds is 4. The number of carbonyl (C=O) groups is 1. The summed E-state index contributed by atoms with van der Waals surface area (Å²) >= 11 is 7.11. The molecule has 1 atom stereocenters. The number of hydrogen-bond donors (Lipinski definition) is 1. The summed E-state index contributed by atoms with van der Waals surface area (Å²) in [6.07, 6.45) is -0.948. The summed E-state index contributed by atoms with van der Waals surface area (Å²) in [6, 6.07) is 4.92. The molecule has 0 aliphatic carbocycles. The minimum atomic E-state index is -1.03. The molecule has 0 radical (unpaired) electrons. The largest absolute Gasteiger partial charge is 0.479 e. The Hall–Kier alpha value is -1.66. The fraction of sp³-hybridized carbons (Fsp3) is 0.182. The number of hydrogen-bond acceptors (Lipinski definition) is 5. The summed E-state index contributed by atoms with van der Waals surface area (Å²) in [5.74, 6) is -0.616. The Morgan fingerprint density at radius 1 is 1.56 bits per heavy atom. The van der Waals surface area contributed by atoms with Crippen molar-refractivity contribution in [2.45, 2.75) is 13.0 Å². The quantitative estimate of drug-likeness (QED) is 0.934. The van der Waals surface area contributed by atoms with Gasteiger partial charge in [0.1, 0.15) is 11.4 Å². The molecule has 0 spiro atoms. The van der Waals surface area contributed by atoms with E-state index in [2.05, 4.69) is 9.59 Å². The standard InChI is InChI=1S/C11H9ClN2O3S/c1-6(11(15)16)17-10-3-2-7(12)4-8(10)9-5-18-14-13-9/h2-6H,1H3,(H,15,16). The minimum Gasteiger partial charge on any atom is -0.479 e. The third kappa shape index (κ3) is 2.77. The van der Waals surface area contributed by atoms with Gasteiger partial charge in [0.2, 0.25) is 0 Å². The fourth-order valence-corrected chi connectivity index (χ4v) is 1.96. The molecule has 0 bridgehead atoms. The molecule has 1 unspecified atom stereocenters. The number of aliphatic carboxylic acids is 1. The highest BCUT2D eigenvalue weighted by atomic mass is 35.5. The number of carboxylic acid groups (broad SMARTS) is 1. The molecular formula is C11H9ClN2O3S. The Labute approximate surface area is 112 Å². The van der Waals surface area contributed by atoms with Gasteiger partial charge in [0, 0.05) is 16.0 Å². The van der Waals surface area contributed by atoms with Gasteiger partial charge in [0.25, 0.3) is 0 Å². The van der Waals surface area contributed by atoms with Crippen molar-refractivity contribution in [3.63, 3.8) is 0 Å². The van der Waals surface area contributed by atoms with E-state index in [1.54, 1.807) is 23.6 Å². The first kappa shape index (κ1) is 12.8. The van der Waals surface area contributed by atoms with E-state index in [1.807, 2.05) is 0 Å². The maximum absolute atomic E-state index is 10.8. The van der Waals surface area contributed by atoms with Gasteiger partial charge in [0.05, 0.1) is 0 Å². The van der Waals surface area contributed by atoms with Crippen LogP contribution in [0.3, 0.4) is 0 Å². The molecule has 2 rings (SSSR count). The van der Waals surface area contributed by atoms with Crippen molar-refractivity contribution in [2.75, 3.05) is 0 Å². The molecule has 1 aromatic heterocycles. The molecule has 7 heteroatoms. The van der Waals surface area contributed by atoms with Gasteiger partial charge < -0.3 is 9.84 Å². The number of benzene rings is 1. The van der Waals surface area contributed by atoms with Crippen LogP contribution in [0, 0.1) is 0 Å². The zero-order chi connectivity index (χ0) is 13.1. The lowest BCUT2D eigenvalue weighted by molar-refractivity contribution is -0.144. The van der Waals surface area contributed by atoms with Gasteiger partial charge >= 0.3 is 5.97 Å². The SMILES string of the molecule is CC(Oc1ccc(Cl)cc1-c1csnn1)C(=O)O. The van der Waals surface area contributed by atoms with E-state index in [1.165, 1.54) is 18.5 Å². The maximum Gasteiger partial charge on any atom is 0.344 e. The Morgan fingerprint density at radius 2 is 2.33 bits per heavy atom. The second-order valence-corrected chi connectivity index (χ2v) is 4.58. The molecule has 1 heterocycles. The van der Waals surface area contributed by atoms with Crippen LogP contribution in [-0.4, -0.2) is 26.8 Å². The normalized spacial score (nSPS) is 12.1. The monoisotopic (exact) mass is 284 g/mol. The molecule has 0 amide bonds. The number of halogens is 1. The van der Waals surface area contributed by atoms with Gasteiger partial charge in [-0.3, -0.25) is 0 Å². The fourth-order valence-electron chi connectivity index (χ4n) is 1.33. The zero-order valence-electron chi connectivity index (χ0n) is 9.33. The third-order valence-corrected chi connectivity index (χ3v) is 2.97. The van der Waals surface area contributed by atoms with Crippen molar-refractivity contribution < 1.29 is 14.6 Å². The first-order valence-electron chi connectivity index (χ1n) is 5.04. The van der Waals surface area contributed by atoms with E-state index >= 15 is 0 Å². The van der Waals surface area contributed by atoms with Crippen LogP contribution in [0.15, 0.2) is 23.6 Å². The first-order valence-corrected chi connectivity index (χ1v) is 6.26. The van der Waals surface area contributed by atoms with Crippen LogP contribution in [0.25, 0.3) is 11.3 Å². The highest BCUT2D eigenvalue weighted by Gasteiger charge is 2.16. The van der Waals surface area contributed by atoms with Crippen LogP contribution in [0.5, 0.6) is 5.75 Å². The Kier molecular flexibility index (Phi) is 3.78. The van der Waals surface area contributed by atoms with Gasteiger partial charge in [-0.15, -0.1) is 5.10 Å². The summed E-state index contributed by atoms with van der Waals surface area (Å²) in [7, 11) is 0. The number of carboxylic acids is 1. The topological polar surface area (TPSA) is 72.3 Å². The Balaban J connectivity index is 2.38. The van der Waals surface area contributed by atoms with Crippen LogP contribution < -0.4 is 4.74 Å². The predicted molar refractivity (Wildman–Crippen MR) is 68.1 cm³/mol. The van der Waals surface area contributed by atoms with Gasteiger partial charge in [-0.25, -0.2) is 4.79 Å². The molecule has 0 saturated carbocycles. The lowest BCUT2D eigenvalue weighted by atomic mass is 10.1. The first-order chi connectivity index (χ1) is 8.58. The average Bonchev–Trinajstić information content (AvgIpc) is 2.84. The predicted octanol–water partition coefficient (Wildman–Crippen LogP) is 2.71. The lowest BCUT2D eigenvalue weighted by Crippen LogP contribution is -2.23. The van der Waals surface area contributed by atoms with Gasteiger partial charge in [-0.05, 0) is 36.7 Å². The highest BCUT2D eigenvalue weighted by Crippen LogP contribution is 2.32. The number of ether oxygens (including phenoxy) is 1. The van der Waals surface area contributed by atoms with Crippen molar-refractivity contribution >= 4 is 29.1 Å². The number of nitrogens with zero attached hydrogens (tertiary/aromatic N) is 2. The van der Waals surface area contributed by atoms with Crippen molar-refractivity contribution in [3.8, 4) is 17.0 Å². The smallest absolute Gasteiger partial charge is 0.344 e. The average molecular weight is 285 g/mol. The van der Waals surface area contributed by atoms with Crippen molar-refractivity contribution in [1.82, 2.24) is 9.59 Å². The second-order valence-electron chi connectivity index (χ2n) is 3.53. The van der Waals surface area contributed by atoms with E-state index in [0.29, 0.717) is 22.0 Å². The van der Waals surface area contributed by atoms with Crippen LogP contribution >= 0.6 is 23.1 Å². The summed E-state index contributed by atoms with van der Waals surface area (Å²) in [6.45, 7) is 1.46. The highest BCUT2D eigenvalue weighted by molar-refractivity contribution is 7.03. The molecule has 18 heavy (non-hydrogen) atoms. The summed E-state index contributed by atoms with van der Waals surface area (Å²) in [5, 5.41) is 15.0. The number of aromatic nitrogens is 2. The lowest BCUT2D eigenvalue weighted by Gasteiger charge is -2.13. The van der Waals surface area contributed by atoms with Crippen molar-refractivity contribution in [2.24, 2.45) is 0 Å². The molecule has 5 nitrogen and oxygen atoms in total. The van der Waals surface area contributed by atoms with E-state index in [0.717, 1.165) is 0 Å². The van der Waals surface area contributed by atoms with Crippen molar-refractivity contribution in [1.29, 1.82) is 0 Å². The molecule has 0 saturated heterocycles. The minimum absolute atomic E-state index is 0.419. The van der Waals surface area contributed by atoms with Crippen LogP contribution in [-0.2, 0) is 4.79 Å². The van der Waals surface area contributed by atoms with E-state index in [4.69, 9.17) is 21.4 Å². The Bertz CT molecular complexity index is 559. The molecule has 0 fully saturated rings. The van der Waals surface area contributed by atoms with Gasteiger partial charge in [0.15, 0.2) is 6.10 Å². The molecule has 1 N–H and O–H groups in total. The van der Waals surface area contributed by atoms with Crippen molar-refractivity contribution in [3.05, 3.63) is 28.6 Å². The molecule has 2 aromatic rings. The van der Waals surface area contributed by atoms with Gasteiger partial charge in [-0.2, -0.15) is 0 Å². The third-order valence-electron chi connectivity index (χ3n) is 2.23.